The van der Waals surface area contributed by atoms with Gasteiger partial charge in [0.05, 0.1) is 17.7 Å². The smallest absolute Gasteiger partial charge is 0.264 e. The molecule has 0 aliphatic heterocycles. The molecule has 48 heavy (non-hydrogen) atoms. The van der Waals surface area contributed by atoms with Gasteiger partial charge in [0, 0.05) is 29.6 Å². The summed E-state index contributed by atoms with van der Waals surface area (Å²) < 4.78 is 49.7. The first-order valence-electron chi connectivity index (χ1n) is 16.0. The van der Waals surface area contributed by atoms with Crippen LogP contribution in [0.25, 0.3) is 0 Å². The second-order valence-corrected chi connectivity index (χ2v) is 14.1. The van der Waals surface area contributed by atoms with Gasteiger partial charge in [-0.05, 0) is 66.9 Å². The van der Waals surface area contributed by atoms with Crippen molar-refractivity contribution in [3.63, 3.8) is 0 Å². The zero-order valence-electron chi connectivity index (χ0n) is 26.7. The number of nitrogens with zero attached hydrogens (tertiary/aromatic N) is 2. The molecule has 0 aromatic heterocycles. The molecule has 1 N–H and O–H groups in total. The fourth-order valence-electron chi connectivity index (χ4n) is 5.94. The Kier molecular flexibility index (Phi) is 11.7. The van der Waals surface area contributed by atoms with Gasteiger partial charge < -0.3 is 15.0 Å². The van der Waals surface area contributed by atoms with Gasteiger partial charge in [-0.15, -0.1) is 0 Å². The quantitative estimate of drug-likeness (QED) is 0.167. The highest BCUT2D eigenvalue weighted by Gasteiger charge is 2.36. The molecule has 4 aromatic carbocycles. The number of ether oxygens (including phenoxy) is 1. The molecule has 0 radical (unpaired) electrons. The van der Waals surface area contributed by atoms with E-state index in [2.05, 4.69) is 5.32 Å². The summed E-state index contributed by atoms with van der Waals surface area (Å²) in [5, 5.41) is 3.42. The van der Waals surface area contributed by atoms with Gasteiger partial charge in [-0.3, -0.25) is 13.9 Å². The van der Waals surface area contributed by atoms with Crippen LogP contribution in [-0.4, -0.2) is 50.9 Å². The van der Waals surface area contributed by atoms with Crippen LogP contribution in [0.4, 0.5) is 10.1 Å². The number of nitrogens with one attached hydrogen (secondary N) is 1. The number of carbonyl (C=O) groups is 2. The highest BCUT2D eigenvalue weighted by atomic mass is 35.5. The number of amides is 2. The topological polar surface area (TPSA) is 96.0 Å². The predicted molar refractivity (Wildman–Crippen MR) is 185 cm³/mol. The summed E-state index contributed by atoms with van der Waals surface area (Å²) in [6.45, 7) is -0.932. The average Bonchev–Trinajstić information content (AvgIpc) is 3.10. The minimum absolute atomic E-state index is 0.0478. The Morgan fingerprint density at radius 3 is 2.27 bits per heavy atom. The third kappa shape index (κ3) is 8.73. The Morgan fingerprint density at radius 1 is 0.917 bits per heavy atom. The van der Waals surface area contributed by atoms with Gasteiger partial charge >= 0.3 is 0 Å². The van der Waals surface area contributed by atoms with Crippen molar-refractivity contribution in [2.24, 2.45) is 0 Å². The highest BCUT2D eigenvalue weighted by Crippen LogP contribution is 2.28. The lowest BCUT2D eigenvalue weighted by molar-refractivity contribution is -0.140. The van der Waals surface area contributed by atoms with E-state index in [0.717, 1.165) is 42.0 Å². The van der Waals surface area contributed by atoms with E-state index in [-0.39, 0.29) is 46.1 Å². The Hall–Kier alpha value is -4.41. The number of hydrogen-bond donors (Lipinski definition) is 1. The zero-order chi connectivity index (χ0) is 34.1. The Balaban J connectivity index is 1.57. The average molecular weight is 692 g/mol. The minimum Gasteiger partial charge on any atom is -0.497 e. The van der Waals surface area contributed by atoms with E-state index in [1.165, 1.54) is 48.4 Å². The van der Waals surface area contributed by atoms with Crippen molar-refractivity contribution in [1.82, 2.24) is 10.2 Å². The first-order chi connectivity index (χ1) is 23.2. The molecule has 1 fully saturated rings. The number of hydrogen-bond acceptors (Lipinski definition) is 5. The van der Waals surface area contributed by atoms with E-state index in [4.69, 9.17) is 16.3 Å². The SMILES string of the molecule is COc1ccc(S(=O)(=O)N(CC(=O)N(Cc2ccccc2F)C(Cc2ccccc2)C(=O)NC2CCCCC2)c2cccc(Cl)c2)cc1. The van der Waals surface area contributed by atoms with Crippen molar-refractivity contribution in [2.45, 2.75) is 62.0 Å². The molecule has 4 aromatic rings. The molecule has 1 saturated carbocycles. The van der Waals surface area contributed by atoms with Crippen LogP contribution in [0, 0.1) is 5.82 Å². The van der Waals surface area contributed by atoms with Gasteiger partial charge in [0.2, 0.25) is 11.8 Å². The van der Waals surface area contributed by atoms with Crippen LogP contribution < -0.4 is 14.4 Å². The lowest BCUT2D eigenvalue weighted by atomic mass is 9.94. The molecule has 8 nitrogen and oxygen atoms in total. The van der Waals surface area contributed by atoms with Crippen LogP contribution in [0.2, 0.25) is 5.02 Å². The van der Waals surface area contributed by atoms with Gasteiger partial charge in [0.1, 0.15) is 24.2 Å². The van der Waals surface area contributed by atoms with E-state index >= 15 is 4.39 Å². The number of sulfonamides is 1. The van der Waals surface area contributed by atoms with E-state index in [1.807, 2.05) is 30.3 Å². The monoisotopic (exact) mass is 691 g/mol. The van der Waals surface area contributed by atoms with E-state index in [1.54, 1.807) is 36.4 Å². The normalized spacial score (nSPS) is 14.1. The Morgan fingerprint density at radius 2 is 1.60 bits per heavy atom. The van der Waals surface area contributed by atoms with Crippen LogP contribution in [0.1, 0.15) is 43.2 Å². The summed E-state index contributed by atoms with van der Waals surface area (Å²) in [4.78, 5) is 30.0. The molecule has 2 amide bonds. The highest BCUT2D eigenvalue weighted by molar-refractivity contribution is 7.92. The molecule has 0 bridgehead atoms. The van der Waals surface area contributed by atoms with Crippen LogP contribution in [0.5, 0.6) is 5.75 Å². The van der Waals surface area contributed by atoms with Crippen molar-refractivity contribution >= 4 is 39.1 Å². The lowest BCUT2D eigenvalue weighted by Crippen LogP contribution is -2.55. The maximum atomic E-state index is 15.2. The largest absolute Gasteiger partial charge is 0.497 e. The molecule has 1 aliphatic rings. The molecule has 252 valence electrons. The second-order valence-electron chi connectivity index (χ2n) is 11.8. The summed E-state index contributed by atoms with van der Waals surface area (Å²) in [5.74, 6) is -1.14. The van der Waals surface area contributed by atoms with Crippen molar-refractivity contribution < 1.29 is 27.1 Å². The molecule has 1 unspecified atom stereocenters. The predicted octanol–water partition coefficient (Wildman–Crippen LogP) is 6.77. The summed E-state index contributed by atoms with van der Waals surface area (Å²) in [5.41, 5.74) is 1.15. The first-order valence-corrected chi connectivity index (χ1v) is 17.8. The van der Waals surface area contributed by atoms with Crippen molar-refractivity contribution in [2.75, 3.05) is 18.0 Å². The summed E-state index contributed by atoms with van der Waals surface area (Å²) in [7, 11) is -2.86. The standard InChI is InChI=1S/C37H39ClFN3O5S/c1-47-32-19-21-33(22-20-32)48(45,46)42(31-17-10-14-29(38)24-31)26-36(43)41(25-28-13-8-9-18-34(28)39)35(23-27-11-4-2-5-12-27)37(44)40-30-15-6-3-7-16-30/h2,4-5,8-14,17-22,24,30,35H,3,6-7,15-16,23,25-26H2,1H3,(H,40,44). The van der Waals surface area contributed by atoms with E-state index in [9.17, 15) is 18.0 Å². The molecule has 0 saturated heterocycles. The maximum absolute atomic E-state index is 15.2. The van der Waals surface area contributed by atoms with Crippen LogP contribution in [0.3, 0.4) is 0 Å². The van der Waals surface area contributed by atoms with Crippen LogP contribution >= 0.6 is 11.6 Å². The lowest BCUT2D eigenvalue weighted by Gasteiger charge is -2.35. The van der Waals surface area contributed by atoms with Gasteiger partial charge in [-0.2, -0.15) is 0 Å². The minimum atomic E-state index is -4.34. The number of halogens is 2. The second kappa shape index (κ2) is 16.1. The molecular formula is C37H39ClFN3O5S. The summed E-state index contributed by atoms with van der Waals surface area (Å²) >= 11 is 6.30. The molecule has 0 spiro atoms. The van der Waals surface area contributed by atoms with Crippen LogP contribution in [0.15, 0.2) is 108 Å². The fourth-order valence-corrected chi connectivity index (χ4v) is 7.53. The molecule has 1 atom stereocenters. The van der Waals surface area contributed by atoms with Gasteiger partial charge in [0.15, 0.2) is 0 Å². The molecular weight excluding hydrogens is 653 g/mol. The fraction of sp³-hybridized carbons (Fsp3) is 0.297. The third-order valence-electron chi connectivity index (χ3n) is 8.54. The number of benzene rings is 4. The van der Waals surface area contributed by atoms with Crippen molar-refractivity contribution in [3.8, 4) is 5.75 Å². The van der Waals surface area contributed by atoms with E-state index in [0.29, 0.717) is 5.75 Å². The van der Waals surface area contributed by atoms with Gasteiger partial charge in [-0.25, -0.2) is 12.8 Å². The summed E-state index contributed by atoms with van der Waals surface area (Å²) in [6, 6.07) is 26.2. The van der Waals surface area contributed by atoms with Crippen LogP contribution in [-0.2, 0) is 32.6 Å². The first kappa shape index (κ1) is 34.9. The number of carbonyl (C=O) groups excluding carboxylic acids is 2. The van der Waals surface area contributed by atoms with E-state index < -0.39 is 34.3 Å². The molecule has 1 aliphatic carbocycles. The van der Waals surface area contributed by atoms with Gasteiger partial charge in [-0.1, -0.05) is 85.5 Å². The number of methoxy groups -OCH3 is 1. The van der Waals surface area contributed by atoms with Crippen molar-refractivity contribution in [3.05, 3.63) is 125 Å². The zero-order valence-corrected chi connectivity index (χ0v) is 28.3. The number of anilines is 1. The number of rotatable bonds is 13. The molecule has 11 heteroatoms. The third-order valence-corrected chi connectivity index (χ3v) is 10.6. The Labute approximate surface area is 286 Å². The molecule has 0 heterocycles. The molecule has 5 rings (SSSR count). The van der Waals surface area contributed by atoms with Gasteiger partial charge in [0.25, 0.3) is 10.0 Å². The Bertz CT molecular complexity index is 1800. The summed E-state index contributed by atoms with van der Waals surface area (Å²) in [6.07, 6.45) is 4.87. The maximum Gasteiger partial charge on any atom is 0.264 e. The van der Waals surface area contributed by atoms with Crippen molar-refractivity contribution in [1.29, 1.82) is 0 Å².